The third-order valence-corrected chi connectivity index (χ3v) is 6.45. The smallest absolute Gasteiger partial charge is 0.416 e. The molecule has 1 aliphatic heterocycles. The number of rotatable bonds is 6. The monoisotopic (exact) mass is 512 g/mol. The molecule has 0 fully saturated rings. The van der Waals surface area contributed by atoms with Crippen molar-refractivity contribution in [3.63, 3.8) is 0 Å². The van der Waals surface area contributed by atoms with E-state index in [1.54, 1.807) is 13.0 Å². The molecule has 0 spiro atoms. The Morgan fingerprint density at radius 2 is 1.72 bits per heavy atom. The second-order valence-corrected chi connectivity index (χ2v) is 9.18. The molecule has 2 heterocycles. The molecule has 0 aliphatic carbocycles. The molecule has 1 aliphatic rings. The number of hydrogen-bond acceptors (Lipinski definition) is 6. The molecule has 3 aromatic carbocycles. The van der Waals surface area contributed by atoms with Gasteiger partial charge in [0, 0.05) is 16.9 Å². The number of fused-ring (bicyclic) bond motifs is 1. The Morgan fingerprint density at radius 1 is 1.00 bits per heavy atom. The van der Waals surface area contributed by atoms with Gasteiger partial charge in [0.1, 0.15) is 0 Å². The number of carbonyl (C=O) groups is 1. The Morgan fingerprint density at radius 3 is 2.44 bits per heavy atom. The van der Waals surface area contributed by atoms with Crippen LogP contribution in [-0.2, 0) is 11.0 Å². The van der Waals surface area contributed by atoms with Gasteiger partial charge in [-0.15, -0.1) is 10.2 Å². The van der Waals surface area contributed by atoms with Crippen molar-refractivity contribution in [3.8, 4) is 28.6 Å². The van der Waals surface area contributed by atoms with E-state index in [-0.39, 0.29) is 18.4 Å². The van der Waals surface area contributed by atoms with Gasteiger partial charge in [0.15, 0.2) is 22.5 Å². The van der Waals surface area contributed by atoms with Gasteiger partial charge >= 0.3 is 6.18 Å². The first-order valence-electron chi connectivity index (χ1n) is 10.9. The summed E-state index contributed by atoms with van der Waals surface area (Å²) >= 11 is 1.18. The van der Waals surface area contributed by atoms with Crippen LogP contribution in [0.15, 0.2) is 78.0 Å². The highest BCUT2D eigenvalue weighted by Gasteiger charge is 2.30. The molecule has 36 heavy (non-hydrogen) atoms. The molecule has 11 heteroatoms. The Bertz CT molecular complexity index is 1390. The molecule has 7 nitrogen and oxygen atoms in total. The fraction of sp³-hybridized carbons (Fsp3) is 0.160. The zero-order valence-electron chi connectivity index (χ0n) is 18.8. The van der Waals surface area contributed by atoms with Crippen molar-refractivity contribution >= 4 is 23.4 Å². The largest absolute Gasteiger partial charge is 0.454 e. The van der Waals surface area contributed by atoms with Gasteiger partial charge in [-0.25, -0.2) is 0 Å². The van der Waals surface area contributed by atoms with E-state index in [4.69, 9.17) is 9.47 Å². The van der Waals surface area contributed by atoms with E-state index in [0.29, 0.717) is 22.5 Å². The van der Waals surface area contributed by atoms with Gasteiger partial charge in [0.2, 0.25) is 12.7 Å². The van der Waals surface area contributed by atoms with Crippen molar-refractivity contribution in [2.45, 2.75) is 23.5 Å². The summed E-state index contributed by atoms with van der Waals surface area (Å²) in [6.07, 6.45) is -4.44. The molecule has 0 saturated heterocycles. The molecule has 184 valence electrons. The highest BCUT2D eigenvalue weighted by Crippen LogP contribution is 2.37. The summed E-state index contributed by atoms with van der Waals surface area (Å²) in [4.78, 5) is 12.8. The Balaban J connectivity index is 1.40. The predicted molar refractivity (Wildman–Crippen MR) is 128 cm³/mol. The first-order valence-corrected chi connectivity index (χ1v) is 11.7. The third-order valence-electron chi connectivity index (χ3n) is 5.41. The fourth-order valence-corrected chi connectivity index (χ4v) is 4.44. The molecular formula is C25H19F3N4O3S. The number of nitrogens with zero attached hydrogens (tertiary/aromatic N) is 3. The van der Waals surface area contributed by atoms with Crippen molar-refractivity contribution in [1.29, 1.82) is 0 Å². The SMILES string of the molecule is CC(Sc1nnc(-c2ccc3c(c2)OCO3)n1-c1ccccc1)C(=O)Nc1ccc(C(F)(F)F)cc1. The van der Waals surface area contributed by atoms with Gasteiger partial charge in [-0.3, -0.25) is 9.36 Å². The number of carbonyl (C=O) groups excluding carboxylic acids is 1. The maximum Gasteiger partial charge on any atom is 0.416 e. The van der Waals surface area contributed by atoms with Crippen LogP contribution in [0.2, 0.25) is 0 Å². The summed E-state index contributed by atoms with van der Waals surface area (Å²) in [6, 6.07) is 19.2. The zero-order valence-corrected chi connectivity index (χ0v) is 19.6. The molecule has 4 aromatic rings. The molecule has 1 N–H and O–H groups in total. The number of aromatic nitrogens is 3. The quantitative estimate of drug-likeness (QED) is 0.329. The minimum atomic E-state index is -4.44. The van der Waals surface area contributed by atoms with Crippen LogP contribution in [-0.4, -0.2) is 32.7 Å². The van der Waals surface area contributed by atoms with Crippen LogP contribution in [0.3, 0.4) is 0 Å². The third kappa shape index (κ3) is 4.87. The normalized spacial score (nSPS) is 13.4. The number of thioether (sulfide) groups is 1. The van der Waals surface area contributed by atoms with Crippen molar-refractivity contribution in [3.05, 3.63) is 78.4 Å². The van der Waals surface area contributed by atoms with Crippen molar-refractivity contribution in [1.82, 2.24) is 14.8 Å². The number of benzene rings is 3. The van der Waals surface area contributed by atoms with Crippen LogP contribution >= 0.6 is 11.8 Å². The summed E-state index contributed by atoms with van der Waals surface area (Å²) in [5, 5.41) is 11.2. The maximum absolute atomic E-state index is 12.8. The van der Waals surface area contributed by atoms with Crippen LogP contribution in [0.25, 0.3) is 17.1 Å². The summed E-state index contributed by atoms with van der Waals surface area (Å²) in [5.41, 5.74) is 1.04. The Labute approximate surface area is 208 Å². The summed E-state index contributed by atoms with van der Waals surface area (Å²) in [5.74, 6) is 1.42. The second kappa shape index (κ2) is 9.57. The van der Waals surface area contributed by atoms with Crippen LogP contribution < -0.4 is 14.8 Å². The molecule has 1 amide bonds. The minimum Gasteiger partial charge on any atom is -0.454 e. The molecule has 0 bridgehead atoms. The van der Waals surface area contributed by atoms with Crippen LogP contribution in [0.4, 0.5) is 18.9 Å². The second-order valence-electron chi connectivity index (χ2n) is 7.87. The van der Waals surface area contributed by atoms with E-state index in [1.165, 1.54) is 23.9 Å². The first kappa shape index (κ1) is 23.7. The lowest BCUT2D eigenvalue weighted by Crippen LogP contribution is -2.23. The molecule has 0 saturated carbocycles. The summed E-state index contributed by atoms with van der Waals surface area (Å²) in [7, 11) is 0. The van der Waals surface area contributed by atoms with E-state index in [0.717, 1.165) is 23.4 Å². The van der Waals surface area contributed by atoms with E-state index in [1.807, 2.05) is 47.0 Å². The van der Waals surface area contributed by atoms with Crippen LogP contribution in [0.1, 0.15) is 12.5 Å². The van der Waals surface area contributed by atoms with Gasteiger partial charge in [-0.2, -0.15) is 13.2 Å². The number of amides is 1. The number of anilines is 1. The number of ether oxygens (including phenoxy) is 2. The number of halogens is 3. The van der Waals surface area contributed by atoms with Gasteiger partial charge in [-0.05, 0) is 61.5 Å². The molecule has 1 aromatic heterocycles. The molecule has 5 rings (SSSR count). The number of nitrogens with one attached hydrogen (secondary N) is 1. The lowest BCUT2D eigenvalue weighted by atomic mass is 10.2. The highest BCUT2D eigenvalue weighted by molar-refractivity contribution is 8.00. The summed E-state index contributed by atoms with van der Waals surface area (Å²) in [6.45, 7) is 1.84. The molecule has 0 radical (unpaired) electrons. The van der Waals surface area contributed by atoms with E-state index < -0.39 is 17.0 Å². The van der Waals surface area contributed by atoms with Gasteiger partial charge < -0.3 is 14.8 Å². The van der Waals surface area contributed by atoms with E-state index in [2.05, 4.69) is 15.5 Å². The van der Waals surface area contributed by atoms with Gasteiger partial charge in [0.05, 0.1) is 10.8 Å². The van der Waals surface area contributed by atoms with Gasteiger partial charge in [0.25, 0.3) is 0 Å². The number of hydrogen-bond donors (Lipinski definition) is 1. The standard InChI is InChI=1S/C25H19F3N4O3S/c1-15(23(33)29-18-10-8-17(9-11-18)25(26,27)28)36-24-31-30-22(32(24)19-5-3-2-4-6-19)16-7-12-20-21(13-16)35-14-34-20/h2-13,15H,14H2,1H3,(H,29,33). The Hall–Kier alpha value is -3.99. The molecule has 1 atom stereocenters. The minimum absolute atomic E-state index is 0.150. The van der Waals surface area contributed by atoms with E-state index in [9.17, 15) is 18.0 Å². The number of alkyl halides is 3. The van der Waals surface area contributed by atoms with E-state index >= 15 is 0 Å². The zero-order chi connectivity index (χ0) is 25.3. The number of para-hydroxylation sites is 1. The predicted octanol–water partition coefficient (Wildman–Crippen LogP) is 5.80. The van der Waals surface area contributed by atoms with Crippen molar-refractivity contribution in [2.24, 2.45) is 0 Å². The highest BCUT2D eigenvalue weighted by atomic mass is 32.2. The molecular weight excluding hydrogens is 493 g/mol. The van der Waals surface area contributed by atoms with Crippen LogP contribution in [0.5, 0.6) is 11.5 Å². The summed E-state index contributed by atoms with van der Waals surface area (Å²) < 4.78 is 51.1. The average Bonchev–Trinajstić information content (AvgIpc) is 3.51. The van der Waals surface area contributed by atoms with Crippen molar-refractivity contribution < 1.29 is 27.4 Å². The lowest BCUT2D eigenvalue weighted by molar-refractivity contribution is -0.137. The van der Waals surface area contributed by atoms with Crippen molar-refractivity contribution in [2.75, 3.05) is 12.1 Å². The molecule has 1 unspecified atom stereocenters. The topological polar surface area (TPSA) is 78.3 Å². The average molecular weight is 513 g/mol. The van der Waals surface area contributed by atoms with Crippen LogP contribution in [0, 0.1) is 0 Å². The fourth-order valence-electron chi connectivity index (χ4n) is 3.58. The Kier molecular flexibility index (Phi) is 6.31. The van der Waals surface area contributed by atoms with Gasteiger partial charge in [-0.1, -0.05) is 30.0 Å². The first-order chi connectivity index (χ1) is 17.3. The lowest BCUT2D eigenvalue weighted by Gasteiger charge is -2.14. The maximum atomic E-state index is 12.8.